The minimum atomic E-state index is -3.47. The molecule has 1 fully saturated rings. The van der Waals surface area contributed by atoms with Crippen molar-refractivity contribution >= 4 is 10.0 Å². The molecule has 1 aromatic rings. The second-order valence-corrected chi connectivity index (χ2v) is 6.80. The first kappa shape index (κ1) is 14.6. The van der Waals surface area contributed by atoms with Gasteiger partial charge in [-0.3, -0.25) is 0 Å². The predicted octanol–water partition coefficient (Wildman–Crippen LogP) is 1.69. The molecule has 1 aliphatic carbocycles. The summed E-state index contributed by atoms with van der Waals surface area (Å²) in [4.78, 5) is 0.312. The Kier molecular flexibility index (Phi) is 4.32. The summed E-state index contributed by atoms with van der Waals surface area (Å²) in [5, 5.41) is 3.16. The molecule has 1 aromatic heterocycles. The molecule has 0 aromatic carbocycles. The molecule has 0 aliphatic heterocycles. The zero-order valence-electron chi connectivity index (χ0n) is 11.7. The molecule has 6 heteroatoms. The molecule has 0 unspecified atom stereocenters. The molecule has 1 aliphatic rings. The van der Waals surface area contributed by atoms with E-state index in [0.717, 1.165) is 24.9 Å². The maximum Gasteiger partial charge on any atom is 0.244 e. The summed E-state index contributed by atoms with van der Waals surface area (Å²) in [6, 6.07) is 0. The second-order valence-electron chi connectivity index (χ2n) is 5.10. The van der Waals surface area contributed by atoms with Crippen molar-refractivity contribution in [3.05, 3.63) is 17.1 Å². The number of aryl methyl sites for hydroxylation is 2. The van der Waals surface area contributed by atoms with E-state index in [4.69, 9.17) is 4.42 Å². The van der Waals surface area contributed by atoms with E-state index in [1.165, 1.54) is 0 Å². The van der Waals surface area contributed by atoms with Crippen molar-refractivity contribution in [3.63, 3.8) is 0 Å². The van der Waals surface area contributed by atoms with Crippen LogP contribution in [0.25, 0.3) is 0 Å². The maximum atomic E-state index is 12.4. The van der Waals surface area contributed by atoms with E-state index in [9.17, 15) is 8.42 Å². The van der Waals surface area contributed by atoms with Crippen molar-refractivity contribution in [2.45, 2.75) is 45.1 Å². The molecule has 5 nitrogen and oxygen atoms in total. The molecule has 19 heavy (non-hydrogen) atoms. The third kappa shape index (κ3) is 3.38. The molecule has 2 N–H and O–H groups in total. The van der Waals surface area contributed by atoms with Crippen LogP contribution in [0.5, 0.6) is 0 Å². The molecule has 0 spiro atoms. The van der Waals surface area contributed by atoms with E-state index in [1.807, 2.05) is 6.92 Å². The zero-order valence-corrected chi connectivity index (χ0v) is 12.6. The highest BCUT2D eigenvalue weighted by Crippen LogP contribution is 2.30. The standard InChI is InChI=1S/C13H22N2O3S/c1-4-14-8-12-9(2)18-10(3)13(12)19(16,17)15-7-11-5-6-11/h11,14-15H,4-8H2,1-3H3. The SMILES string of the molecule is CCNCc1c(C)oc(C)c1S(=O)(=O)NCC1CC1. The number of rotatable bonds is 7. The highest BCUT2D eigenvalue weighted by Gasteiger charge is 2.29. The first-order chi connectivity index (χ1) is 8.95. The van der Waals surface area contributed by atoms with Crippen LogP contribution in [0, 0.1) is 19.8 Å². The normalized spacial score (nSPS) is 15.9. The van der Waals surface area contributed by atoms with Crippen LogP contribution in [-0.4, -0.2) is 21.5 Å². The Balaban J connectivity index is 2.25. The molecule has 0 saturated heterocycles. The fourth-order valence-electron chi connectivity index (χ4n) is 2.14. The van der Waals surface area contributed by atoms with Gasteiger partial charge in [0.05, 0.1) is 0 Å². The van der Waals surface area contributed by atoms with Gasteiger partial charge in [-0.15, -0.1) is 0 Å². The molecule has 1 heterocycles. The van der Waals surface area contributed by atoms with Crippen LogP contribution >= 0.6 is 0 Å². The highest BCUT2D eigenvalue weighted by atomic mass is 32.2. The molecule has 0 radical (unpaired) electrons. The lowest BCUT2D eigenvalue weighted by Crippen LogP contribution is -2.27. The largest absolute Gasteiger partial charge is 0.465 e. The van der Waals surface area contributed by atoms with E-state index in [1.54, 1.807) is 13.8 Å². The van der Waals surface area contributed by atoms with Gasteiger partial charge in [-0.1, -0.05) is 6.92 Å². The predicted molar refractivity (Wildman–Crippen MR) is 73.5 cm³/mol. The van der Waals surface area contributed by atoms with Gasteiger partial charge in [-0.05, 0) is 39.2 Å². The molecule has 0 amide bonds. The van der Waals surface area contributed by atoms with Crippen LogP contribution < -0.4 is 10.0 Å². The van der Waals surface area contributed by atoms with E-state index < -0.39 is 10.0 Å². The molecule has 108 valence electrons. The number of sulfonamides is 1. The minimum Gasteiger partial charge on any atom is -0.465 e. The average Bonchev–Trinajstić information content (AvgIpc) is 3.10. The topological polar surface area (TPSA) is 71.3 Å². The Morgan fingerprint density at radius 3 is 2.53 bits per heavy atom. The maximum absolute atomic E-state index is 12.4. The van der Waals surface area contributed by atoms with E-state index in [2.05, 4.69) is 10.0 Å². The first-order valence-corrected chi connectivity index (χ1v) is 8.23. The Bertz CT molecular complexity index is 544. The fourth-order valence-corrected chi connectivity index (χ4v) is 3.70. The highest BCUT2D eigenvalue weighted by molar-refractivity contribution is 7.89. The third-order valence-electron chi connectivity index (χ3n) is 3.40. The van der Waals surface area contributed by atoms with Crippen LogP contribution in [0.1, 0.15) is 36.8 Å². The molecule has 0 bridgehead atoms. The summed E-state index contributed by atoms with van der Waals surface area (Å²) in [6.07, 6.45) is 2.24. The second kappa shape index (κ2) is 5.64. The Morgan fingerprint density at radius 2 is 1.95 bits per heavy atom. The number of hydrogen-bond acceptors (Lipinski definition) is 4. The Labute approximate surface area is 114 Å². The first-order valence-electron chi connectivity index (χ1n) is 6.75. The van der Waals surface area contributed by atoms with Gasteiger partial charge in [0.2, 0.25) is 10.0 Å². The van der Waals surface area contributed by atoms with Gasteiger partial charge < -0.3 is 9.73 Å². The zero-order chi connectivity index (χ0) is 14.0. The quantitative estimate of drug-likeness (QED) is 0.800. The van der Waals surface area contributed by atoms with Gasteiger partial charge in [-0.25, -0.2) is 13.1 Å². The fraction of sp³-hybridized carbons (Fsp3) is 0.692. The van der Waals surface area contributed by atoms with Crippen LogP contribution in [0.2, 0.25) is 0 Å². The van der Waals surface area contributed by atoms with Gasteiger partial charge in [0.1, 0.15) is 16.4 Å². The van der Waals surface area contributed by atoms with Gasteiger partial charge in [0, 0.05) is 18.7 Å². The summed E-state index contributed by atoms with van der Waals surface area (Å²) in [7, 11) is -3.47. The minimum absolute atomic E-state index is 0.312. The van der Waals surface area contributed by atoms with E-state index in [0.29, 0.717) is 35.4 Å². The van der Waals surface area contributed by atoms with Crippen LogP contribution in [0.3, 0.4) is 0 Å². The van der Waals surface area contributed by atoms with Crippen LogP contribution in [0.15, 0.2) is 9.31 Å². The monoisotopic (exact) mass is 286 g/mol. The third-order valence-corrected chi connectivity index (χ3v) is 5.02. The number of nitrogens with one attached hydrogen (secondary N) is 2. The summed E-state index contributed by atoms with van der Waals surface area (Å²) < 4.78 is 33.0. The van der Waals surface area contributed by atoms with Gasteiger partial charge in [0.25, 0.3) is 0 Å². The lowest BCUT2D eigenvalue weighted by molar-refractivity contribution is 0.493. The lowest BCUT2D eigenvalue weighted by Gasteiger charge is -2.08. The number of hydrogen-bond donors (Lipinski definition) is 2. The van der Waals surface area contributed by atoms with Gasteiger partial charge in [-0.2, -0.15) is 0 Å². The lowest BCUT2D eigenvalue weighted by atomic mass is 10.2. The van der Waals surface area contributed by atoms with E-state index in [-0.39, 0.29) is 0 Å². The smallest absolute Gasteiger partial charge is 0.244 e. The van der Waals surface area contributed by atoms with Crippen molar-refractivity contribution in [3.8, 4) is 0 Å². The average molecular weight is 286 g/mol. The molecule has 1 saturated carbocycles. The van der Waals surface area contributed by atoms with Crippen molar-refractivity contribution in [1.29, 1.82) is 0 Å². The van der Waals surface area contributed by atoms with E-state index >= 15 is 0 Å². The Hall–Kier alpha value is -0.850. The summed E-state index contributed by atoms with van der Waals surface area (Å²) in [5.74, 6) is 1.65. The molecular weight excluding hydrogens is 264 g/mol. The van der Waals surface area contributed by atoms with Crippen LogP contribution in [0.4, 0.5) is 0 Å². The van der Waals surface area contributed by atoms with Crippen molar-refractivity contribution in [2.24, 2.45) is 5.92 Å². The van der Waals surface area contributed by atoms with Gasteiger partial charge >= 0.3 is 0 Å². The van der Waals surface area contributed by atoms with Crippen molar-refractivity contribution in [1.82, 2.24) is 10.0 Å². The van der Waals surface area contributed by atoms with Gasteiger partial charge in [0.15, 0.2) is 0 Å². The van der Waals surface area contributed by atoms with Crippen molar-refractivity contribution in [2.75, 3.05) is 13.1 Å². The number of furan rings is 1. The summed E-state index contributed by atoms with van der Waals surface area (Å²) in [6.45, 7) is 7.33. The summed E-state index contributed by atoms with van der Waals surface area (Å²) in [5.41, 5.74) is 0.739. The molecular formula is C13H22N2O3S. The summed E-state index contributed by atoms with van der Waals surface area (Å²) >= 11 is 0. The molecule has 0 atom stereocenters. The molecule has 2 rings (SSSR count). The van der Waals surface area contributed by atoms with Crippen LogP contribution in [-0.2, 0) is 16.6 Å². The Morgan fingerprint density at radius 1 is 1.26 bits per heavy atom. The van der Waals surface area contributed by atoms with Crippen molar-refractivity contribution < 1.29 is 12.8 Å².